The summed E-state index contributed by atoms with van der Waals surface area (Å²) in [5.41, 5.74) is 3.49. The van der Waals surface area contributed by atoms with Gasteiger partial charge in [-0.2, -0.15) is 0 Å². The zero-order chi connectivity index (χ0) is 41.0. The van der Waals surface area contributed by atoms with Crippen LogP contribution in [0.15, 0.2) is 91.2 Å². The minimum absolute atomic E-state index is 0.0333. The van der Waals surface area contributed by atoms with Crippen molar-refractivity contribution in [3.63, 3.8) is 0 Å². The molecule has 0 aliphatic heterocycles. The van der Waals surface area contributed by atoms with E-state index in [4.69, 9.17) is 18.3 Å². The minimum Gasteiger partial charge on any atom is -0.493 e. The molecule has 2 amide bonds. The highest BCUT2D eigenvalue weighted by atomic mass is 16.5. The maximum atomic E-state index is 12.7. The number of unbranched alkanes of at least 4 members (excludes halogenated alkanes) is 14. The molecule has 0 bridgehead atoms. The van der Waals surface area contributed by atoms with Gasteiger partial charge in [0.1, 0.15) is 22.7 Å². The summed E-state index contributed by atoms with van der Waals surface area (Å²) < 4.78 is 22.4. The molecule has 0 saturated carbocycles. The first-order valence-electron chi connectivity index (χ1n) is 21.3. The fourth-order valence-corrected chi connectivity index (χ4v) is 7.19. The average Bonchev–Trinajstić information content (AvgIpc) is 3.19. The van der Waals surface area contributed by atoms with Crippen LogP contribution in [0.3, 0.4) is 0 Å². The molecule has 310 valence electrons. The fourth-order valence-electron chi connectivity index (χ4n) is 7.19. The van der Waals surface area contributed by atoms with Gasteiger partial charge in [-0.1, -0.05) is 89.2 Å². The second-order valence-electron chi connectivity index (χ2n) is 15.3. The van der Waals surface area contributed by atoms with E-state index in [0.717, 1.165) is 125 Å². The van der Waals surface area contributed by atoms with Gasteiger partial charge in [-0.3, -0.25) is 9.59 Å². The number of ether oxygens (including phenoxy) is 2. The summed E-state index contributed by atoms with van der Waals surface area (Å²) in [5, 5.41) is 7.83. The minimum atomic E-state index is -0.348. The standard InChI is InChI=1S/C48H60N2O8/c1-35-31-47(53)57-43-33-37(25-27-39(35)43)55-29-19-13-9-5-3-7-11-15-23-45(51)49-41-21-17-18-22-42(41)50-46(52)24-16-12-8-4-6-10-14-20-30-56-38-26-28-40-36(2)32-48(54)58-44(40)34-38/h17-18,21-22,25-28,31-34H,3-16,19-20,23-24,29-30H2,1-2H3,(H,49,51)(H,50,52). The smallest absolute Gasteiger partial charge is 0.336 e. The zero-order valence-electron chi connectivity index (χ0n) is 34.3. The molecule has 10 nitrogen and oxygen atoms in total. The van der Waals surface area contributed by atoms with Crippen molar-refractivity contribution in [3.05, 3.63) is 105 Å². The Kier molecular flexibility index (Phi) is 17.9. The third-order valence-electron chi connectivity index (χ3n) is 10.5. The summed E-state index contributed by atoms with van der Waals surface area (Å²) in [6, 6.07) is 21.7. The molecule has 0 saturated heterocycles. The van der Waals surface area contributed by atoms with Gasteiger partial charge in [0.05, 0.1) is 24.6 Å². The number of benzene rings is 3. The normalized spacial score (nSPS) is 11.2. The Morgan fingerprint density at radius 3 is 1.24 bits per heavy atom. The van der Waals surface area contributed by atoms with E-state index in [0.29, 0.717) is 60.1 Å². The number of carbonyl (C=O) groups is 2. The molecule has 2 N–H and O–H groups in total. The molecule has 10 heteroatoms. The number of fused-ring (bicyclic) bond motifs is 2. The molecule has 5 rings (SSSR count). The van der Waals surface area contributed by atoms with Gasteiger partial charge in [0.15, 0.2) is 0 Å². The Morgan fingerprint density at radius 1 is 0.483 bits per heavy atom. The first-order valence-corrected chi connectivity index (χ1v) is 21.3. The van der Waals surface area contributed by atoms with Crippen LogP contribution in [0.5, 0.6) is 11.5 Å². The number of aryl methyl sites for hydroxylation is 2. The van der Waals surface area contributed by atoms with Crippen molar-refractivity contribution in [2.75, 3.05) is 23.8 Å². The SMILES string of the molecule is Cc1cc(=O)oc2cc(OCCCCCCCCCCC(=O)Nc3ccccc3NC(=O)CCCCCCCCCCOc3ccc4c(C)cc(=O)oc4c3)ccc12. The lowest BCUT2D eigenvalue weighted by Gasteiger charge is -2.12. The fraction of sp³-hybridized carbons (Fsp3) is 0.458. The van der Waals surface area contributed by atoms with E-state index in [1.807, 2.05) is 62.4 Å². The number of hydrogen-bond acceptors (Lipinski definition) is 8. The van der Waals surface area contributed by atoms with Crippen LogP contribution < -0.4 is 31.4 Å². The number of rotatable bonds is 26. The van der Waals surface area contributed by atoms with Gasteiger partial charge in [0, 0.05) is 47.9 Å². The Morgan fingerprint density at radius 2 is 0.845 bits per heavy atom. The lowest BCUT2D eigenvalue weighted by Crippen LogP contribution is -2.16. The summed E-state index contributed by atoms with van der Waals surface area (Å²) in [7, 11) is 0. The molecule has 0 spiro atoms. The van der Waals surface area contributed by atoms with Gasteiger partial charge in [0.2, 0.25) is 11.8 Å². The molecule has 58 heavy (non-hydrogen) atoms. The summed E-state index contributed by atoms with van der Waals surface area (Å²) >= 11 is 0. The van der Waals surface area contributed by atoms with E-state index in [2.05, 4.69) is 10.6 Å². The first kappa shape index (κ1) is 43.7. The molecule has 5 aromatic rings. The van der Waals surface area contributed by atoms with E-state index in [1.54, 1.807) is 12.1 Å². The maximum Gasteiger partial charge on any atom is 0.336 e. The van der Waals surface area contributed by atoms with Gasteiger partial charge in [-0.25, -0.2) is 9.59 Å². The van der Waals surface area contributed by atoms with Crippen LogP contribution in [0.1, 0.15) is 127 Å². The molecule has 0 aliphatic carbocycles. The second kappa shape index (κ2) is 23.8. The van der Waals surface area contributed by atoms with E-state index >= 15 is 0 Å². The quantitative estimate of drug-likeness (QED) is 0.0417. The summed E-state index contributed by atoms with van der Waals surface area (Å²) in [5.74, 6) is 1.36. The molecule has 0 atom stereocenters. The number of carbonyl (C=O) groups excluding carboxylic acids is 2. The predicted octanol–water partition coefficient (Wildman–Crippen LogP) is 11.6. The molecule has 0 radical (unpaired) electrons. The van der Waals surface area contributed by atoms with Crippen molar-refractivity contribution in [2.24, 2.45) is 0 Å². The molecule has 0 unspecified atom stereocenters. The Hall–Kier alpha value is -5.38. The van der Waals surface area contributed by atoms with Crippen LogP contribution in [-0.2, 0) is 9.59 Å². The summed E-state index contributed by atoms with van der Waals surface area (Å²) in [6.07, 6.45) is 17.9. The van der Waals surface area contributed by atoms with Gasteiger partial charge >= 0.3 is 11.3 Å². The van der Waals surface area contributed by atoms with Crippen molar-refractivity contribution in [1.29, 1.82) is 0 Å². The van der Waals surface area contributed by atoms with Crippen molar-refractivity contribution >= 4 is 45.1 Å². The number of para-hydroxylation sites is 2. The van der Waals surface area contributed by atoms with Crippen molar-refractivity contribution in [3.8, 4) is 11.5 Å². The molecule has 2 heterocycles. The number of hydrogen-bond donors (Lipinski definition) is 2. The largest absolute Gasteiger partial charge is 0.493 e. The first-order chi connectivity index (χ1) is 28.2. The molecule has 0 fully saturated rings. The van der Waals surface area contributed by atoms with Gasteiger partial charge in [-0.15, -0.1) is 0 Å². The lowest BCUT2D eigenvalue weighted by molar-refractivity contribution is -0.117. The number of nitrogens with one attached hydrogen (secondary N) is 2. The maximum absolute atomic E-state index is 12.7. The second-order valence-corrected chi connectivity index (χ2v) is 15.3. The van der Waals surface area contributed by atoms with Crippen LogP contribution in [0.2, 0.25) is 0 Å². The number of anilines is 2. The Labute approximate surface area is 341 Å². The van der Waals surface area contributed by atoms with Crippen LogP contribution in [0.4, 0.5) is 11.4 Å². The Bertz CT molecular complexity index is 2030. The highest BCUT2D eigenvalue weighted by Gasteiger charge is 2.10. The number of amides is 2. The third kappa shape index (κ3) is 14.8. The third-order valence-corrected chi connectivity index (χ3v) is 10.5. The van der Waals surface area contributed by atoms with Crippen LogP contribution in [0.25, 0.3) is 21.9 Å². The van der Waals surface area contributed by atoms with Gasteiger partial charge < -0.3 is 28.9 Å². The molecule has 3 aromatic carbocycles. The van der Waals surface area contributed by atoms with Crippen molar-refractivity contribution in [2.45, 2.75) is 129 Å². The highest BCUT2D eigenvalue weighted by Crippen LogP contribution is 2.25. The van der Waals surface area contributed by atoms with Gasteiger partial charge in [0.25, 0.3) is 0 Å². The monoisotopic (exact) mass is 792 g/mol. The van der Waals surface area contributed by atoms with E-state index in [1.165, 1.54) is 12.1 Å². The van der Waals surface area contributed by atoms with Crippen LogP contribution in [-0.4, -0.2) is 25.0 Å². The topological polar surface area (TPSA) is 137 Å². The summed E-state index contributed by atoms with van der Waals surface area (Å²) in [6.45, 7) is 5.06. The Balaban J connectivity index is 0.828. The predicted molar refractivity (Wildman–Crippen MR) is 232 cm³/mol. The van der Waals surface area contributed by atoms with E-state index < -0.39 is 0 Å². The highest BCUT2D eigenvalue weighted by molar-refractivity contribution is 5.99. The molecule has 2 aromatic heterocycles. The van der Waals surface area contributed by atoms with E-state index in [-0.39, 0.29) is 23.1 Å². The average molecular weight is 793 g/mol. The molecular formula is C48H60N2O8. The van der Waals surface area contributed by atoms with Crippen molar-refractivity contribution < 1.29 is 27.9 Å². The molecular weight excluding hydrogens is 733 g/mol. The lowest BCUT2D eigenvalue weighted by atomic mass is 10.1. The van der Waals surface area contributed by atoms with Crippen LogP contribution in [0, 0.1) is 13.8 Å². The zero-order valence-corrected chi connectivity index (χ0v) is 34.3. The summed E-state index contributed by atoms with van der Waals surface area (Å²) in [4.78, 5) is 48.7. The van der Waals surface area contributed by atoms with E-state index in [9.17, 15) is 19.2 Å². The van der Waals surface area contributed by atoms with Crippen molar-refractivity contribution in [1.82, 2.24) is 0 Å². The van der Waals surface area contributed by atoms with Crippen LogP contribution >= 0.6 is 0 Å². The van der Waals surface area contributed by atoms with Gasteiger partial charge in [-0.05, 0) is 87.1 Å². The molecule has 0 aliphatic rings.